The van der Waals surface area contributed by atoms with Crippen LogP contribution >= 0.6 is 0 Å². The molecular formula is C20H14N2O. The zero-order valence-electron chi connectivity index (χ0n) is 12.4. The maximum Gasteiger partial charge on any atom is 0.228 e. The maximum absolute atomic E-state index is 12.9. The van der Waals surface area contributed by atoms with Crippen molar-refractivity contribution in [1.29, 1.82) is 0 Å². The molecule has 0 aliphatic heterocycles. The maximum atomic E-state index is 12.9. The second-order valence-corrected chi connectivity index (χ2v) is 5.34. The number of para-hydroxylation sites is 2. The van der Waals surface area contributed by atoms with E-state index in [1.165, 1.54) is 0 Å². The first-order valence-corrected chi connectivity index (χ1v) is 7.47. The van der Waals surface area contributed by atoms with E-state index in [1.54, 1.807) is 0 Å². The van der Waals surface area contributed by atoms with Crippen LogP contribution in [0.1, 0.15) is 0 Å². The monoisotopic (exact) mass is 298 g/mol. The number of rotatable bonds is 2. The highest BCUT2D eigenvalue weighted by molar-refractivity contribution is 6.05. The zero-order chi connectivity index (χ0) is 15.6. The van der Waals surface area contributed by atoms with Crippen molar-refractivity contribution >= 4 is 33.2 Å². The smallest absolute Gasteiger partial charge is 0.228 e. The summed E-state index contributed by atoms with van der Waals surface area (Å²) in [4.78, 5) is 17.5. The average Bonchev–Trinajstić information content (AvgIpc) is 2.72. The Morgan fingerprint density at radius 3 is 2.04 bits per heavy atom. The topological polar surface area (TPSA) is 42.0 Å². The van der Waals surface area contributed by atoms with Gasteiger partial charge >= 0.3 is 0 Å². The van der Waals surface area contributed by atoms with Gasteiger partial charge < -0.3 is 5.32 Å². The molecule has 110 valence electrons. The SMILES string of the molecule is O=c1c(Nc2ccccc2)nc2ccccc2c2ccccc12. The highest BCUT2D eigenvalue weighted by Crippen LogP contribution is 2.22. The Morgan fingerprint density at radius 1 is 0.652 bits per heavy atom. The number of hydrogen-bond acceptors (Lipinski definition) is 3. The van der Waals surface area contributed by atoms with Crippen LogP contribution in [0, 0.1) is 0 Å². The van der Waals surface area contributed by atoms with Gasteiger partial charge in [-0.2, -0.15) is 0 Å². The normalized spacial score (nSPS) is 10.8. The number of aromatic nitrogens is 1. The molecule has 0 fully saturated rings. The van der Waals surface area contributed by atoms with Gasteiger partial charge in [-0.25, -0.2) is 4.98 Å². The van der Waals surface area contributed by atoms with E-state index >= 15 is 0 Å². The fourth-order valence-electron chi connectivity index (χ4n) is 2.76. The van der Waals surface area contributed by atoms with Crippen molar-refractivity contribution in [2.24, 2.45) is 0 Å². The van der Waals surface area contributed by atoms with Crippen molar-refractivity contribution in [1.82, 2.24) is 4.98 Å². The van der Waals surface area contributed by atoms with Crippen molar-refractivity contribution in [3.05, 3.63) is 89.1 Å². The fourth-order valence-corrected chi connectivity index (χ4v) is 2.76. The molecule has 3 heteroatoms. The molecule has 0 aliphatic carbocycles. The van der Waals surface area contributed by atoms with Crippen molar-refractivity contribution in [3.63, 3.8) is 0 Å². The molecule has 0 radical (unpaired) electrons. The molecule has 3 aromatic carbocycles. The minimum absolute atomic E-state index is 0.0966. The molecule has 3 nitrogen and oxygen atoms in total. The Balaban J connectivity index is 2.08. The van der Waals surface area contributed by atoms with Crippen LogP contribution in [0.25, 0.3) is 21.7 Å². The minimum Gasteiger partial charge on any atom is -0.337 e. The van der Waals surface area contributed by atoms with E-state index in [4.69, 9.17) is 0 Å². The van der Waals surface area contributed by atoms with E-state index in [-0.39, 0.29) is 5.43 Å². The van der Waals surface area contributed by atoms with Crippen molar-refractivity contribution in [2.75, 3.05) is 5.32 Å². The van der Waals surface area contributed by atoms with Gasteiger partial charge in [-0.05, 0) is 23.6 Å². The van der Waals surface area contributed by atoms with E-state index in [2.05, 4.69) is 10.3 Å². The van der Waals surface area contributed by atoms with Crippen molar-refractivity contribution in [2.45, 2.75) is 0 Å². The molecule has 0 saturated carbocycles. The van der Waals surface area contributed by atoms with Gasteiger partial charge in [0.1, 0.15) is 0 Å². The quantitative estimate of drug-likeness (QED) is 0.593. The van der Waals surface area contributed by atoms with Crippen LogP contribution in [0.5, 0.6) is 0 Å². The average molecular weight is 298 g/mol. The first-order chi connectivity index (χ1) is 11.3. The number of benzene rings is 3. The highest BCUT2D eigenvalue weighted by Gasteiger charge is 2.08. The lowest BCUT2D eigenvalue weighted by Gasteiger charge is -2.02. The molecule has 0 amide bonds. The number of nitrogens with one attached hydrogen (secondary N) is 1. The Morgan fingerprint density at radius 2 is 1.26 bits per heavy atom. The number of fused-ring (bicyclic) bond motifs is 3. The Kier molecular flexibility index (Phi) is 3.24. The summed E-state index contributed by atoms with van der Waals surface area (Å²) >= 11 is 0. The summed E-state index contributed by atoms with van der Waals surface area (Å²) in [5, 5.41) is 5.71. The third kappa shape index (κ3) is 2.42. The van der Waals surface area contributed by atoms with E-state index in [9.17, 15) is 4.79 Å². The first-order valence-electron chi connectivity index (χ1n) is 7.47. The van der Waals surface area contributed by atoms with Crippen LogP contribution in [0.3, 0.4) is 0 Å². The first kappa shape index (κ1) is 13.5. The summed E-state index contributed by atoms with van der Waals surface area (Å²) in [7, 11) is 0. The van der Waals surface area contributed by atoms with Crippen molar-refractivity contribution < 1.29 is 0 Å². The molecule has 0 atom stereocenters. The van der Waals surface area contributed by atoms with E-state index in [0.29, 0.717) is 11.2 Å². The van der Waals surface area contributed by atoms with Gasteiger partial charge in [0, 0.05) is 16.5 Å². The van der Waals surface area contributed by atoms with Crippen LogP contribution in [-0.2, 0) is 0 Å². The van der Waals surface area contributed by atoms with Gasteiger partial charge in [-0.1, -0.05) is 60.7 Å². The summed E-state index contributed by atoms with van der Waals surface area (Å²) in [6.45, 7) is 0. The standard InChI is InChI=1S/C20H14N2O/c23-19-17-12-5-4-10-15(17)16-11-6-7-13-18(16)22-20(19)21-14-8-2-1-3-9-14/h1-13H,(H,21,22,23). The van der Waals surface area contributed by atoms with Crippen LogP contribution in [0.15, 0.2) is 83.7 Å². The predicted molar refractivity (Wildman–Crippen MR) is 95.2 cm³/mol. The van der Waals surface area contributed by atoms with Crippen molar-refractivity contribution in [3.8, 4) is 0 Å². The molecule has 4 aromatic rings. The zero-order valence-corrected chi connectivity index (χ0v) is 12.4. The summed E-state index contributed by atoms with van der Waals surface area (Å²) < 4.78 is 0. The lowest BCUT2D eigenvalue weighted by atomic mass is 10.1. The molecular weight excluding hydrogens is 284 g/mol. The summed E-state index contributed by atoms with van der Waals surface area (Å²) in [6.07, 6.45) is 0. The Bertz CT molecular complexity index is 1060. The molecule has 0 unspecified atom stereocenters. The second kappa shape index (κ2) is 5.54. The molecule has 0 saturated heterocycles. The van der Waals surface area contributed by atoms with Gasteiger partial charge in [-0.15, -0.1) is 0 Å². The van der Waals surface area contributed by atoms with Crippen LogP contribution in [-0.4, -0.2) is 4.98 Å². The second-order valence-electron chi connectivity index (χ2n) is 5.34. The van der Waals surface area contributed by atoms with E-state index < -0.39 is 0 Å². The Labute approximate surface area is 133 Å². The predicted octanol–water partition coefficient (Wildman–Crippen LogP) is 4.49. The molecule has 1 aromatic heterocycles. The van der Waals surface area contributed by atoms with E-state index in [1.807, 2.05) is 78.9 Å². The van der Waals surface area contributed by atoms with Gasteiger partial charge in [0.15, 0.2) is 5.82 Å². The van der Waals surface area contributed by atoms with Gasteiger partial charge in [0.2, 0.25) is 5.43 Å². The summed E-state index contributed by atoms with van der Waals surface area (Å²) in [5.74, 6) is 0.341. The van der Waals surface area contributed by atoms with Crippen LogP contribution < -0.4 is 10.7 Å². The number of hydrogen-bond donors (Lipinski definition) is 1. The Hall–Kier alpha value is -3.20. The summed E-state index contributed by atoms with van der Waals surface area (Å²) in [5.41, 5.74) is 1.54. The lowest BCUT2D eigenvalue weighted by molar-refractivity contribution is 1.37. The molecule has 0 bridgehead atoms. The largest absolute Gasteiger partial charge is 0.337 e. The molecule has 0 aliphatic rings. The fraction of sp³-hybridized carbons (Fsp3) is 0. The van der Waals surface area contributed by atoms with Gasteiger partial charge in [0.05, 0.1) is 5.52 Å². The molecule has 0 spiro atoms. The third-order valence-electron chi connectivity index (χ3n) is 3.85. The highest BCUT2D eigenvalue weighted by atomic mass is 16.1. The minimum atomic E-state index is -0.0966. The number of nitrogens with zero attached hydrogens (tertiary/aromatic N) is 1. The molecule has 1 N–H and O–H groups in total. The molecule has 1 heterocycles. The van der Waals surface area contributed by atoms with Crippen LogP contribution in [0.4, 0.5) is 11.5 Å². The van der Waals surface area contributed by atoms with Crippen LogP contribution in [0.2, 0.25) is 0 Å². The van der Waals surface area contributed by atoms with Gasteiger partial charge in [0.25, 0.3) is 0 Å². The third-order valence-corrected chi connectivity index (χ3v) is 3.85. The molecule has 4 rings (SSSR count). The number of anilines is 2. The van der Waals surface area contributed by atoms with Gasteiger partial charge in [-0.3, -0.25) is 4.79 Å². The lowest BCUT2D eigenvalue weighted by Crippen LogP contribution is -2.07. The molecule has 23 heavy (non-hydrogen) atoms. The summed E-state index contributed by atoms with van der Waals surface area (Å²) in [6, 6.07) is 25.1. The van der Waals surface area contributed by atoms with E-state index in [0.717, 1.165) is 22.0 Å².